The van der Waals surface area contributed by atoms with E-state index in [1.807, 2.05) is 37.4 Å². The highest BCUT2D eigenvalue weighted by Gasteiger charge is 2.48. The number of aliphatic hydroxyl groups is 1. The molecule has 2 N–H and O–H groups in total. The molecule has 2 fully saturated rings. The normalized spacial score (nSPS) is 23.8. The number of nitrogens with zero attached hydrogens (tertiary/aromatic N) is 3. The molecule has 30 heavy (non-hydrogen) atoms. The zero-order chi connectivity index (χ0) is 20.8. The van der Waals surface area contributed by atoms with Crippen molar-refractivity contribution >= 4 is 22.6 Å². The molecule has 0 radical (unpaired) electrons. The Bertz CT molecular complexity index is 1040. The molecule has 5 rings (SSSR count). The predicted molar refractivity (Wildman–Crippen MR) is 119 cm³/mol. The largest absolute Gasteiger partial charge is 0.372 e. The molecule has 2 atom stereocenters. The summed E-state index contributed by atoms with van der Waals surface area (Å²) in [5.41, 5.74) is 2.11. The number of nitrogens with one attached hydrogen (secondary N) is 1. The molecule has 3 heterocycles. The average Bonchev–Trinajstić information content (AvgIpc) is 3.32. The predicted octanol–water partition coefficient (Wildman–Crippen LogP) is 4.90. The highest BCUT2D eigenvalue weighted by atomic mass is 35.5. The molecule has 2 aromatic heterocycles. The summed E-state index contributed by atoms with van der Waals surface area (Å²) in [6, 6.07) is 9.75. The van der Waals surface area contributed by atoms with E-state index in [1.165, 1.54) is 25.7 Å². The molecule has 2 unspecified atom stereocenters. The lowest BCUT2D eigenvalue weighted by molar-refractivity contribution is -0.115. The second-order valence-electron chi connectivity index (χ2n) is 9.38. The van der Waals surface area contributed by atoms with Gasteiger partial charge in [0, 0.05) is 35.3 Å². The summed E-state index contributed by atoms with van der Waals surface area (Å²) in [5.74, 6) is 0.542. The van der Waals surface area contributed by atoms with E-state index in [-0.39, 0.29) is 0 Å². The topological polar surface area (TPSA) is 65.0 Å². The Hall–Kier alpha value is -1.95. The minimum atomic E-state index is -1.07. The monoisotopic (exact) mass is 424 g/mol. The van der Waals surface area contributed by atoms with Crippen LogP contribution in [0, 0.1) is 11.3 Å². The van der Waals surface area contributed by atoms with Crippen molar-refractivity contribution in [3.63, 3.8) is 0 Å². The molecule has 1 saturated heterocycles. The molecule has 1 spiro atoms. The maximum Gasteiger partial charge on any atom is 0.143 e. The molecule has 1 saturated carbocycles. The Kier molecular flexibility index (Phi) is 5.08. The van der Waals surface area contributed by atoms with E-state index in [1.54, 1.807) is 6.33 Å². The Balaban J connectivity index is 1.39. The second-order valence-corrected chi connectivity index (χ2v) is 9.79. The van der Waals surface area contributed by atoms with Gasteiger partial charge in [0.15, 0.2) is 0 Å². The summed E-state index contributed by atoms with van der Waals surface area (Å²) in [6.45, 7) is 3.69. The summed E-state index contributed by atoms with van der Waals surface area (Å²) < 4.78 is 0. The van der Waals surface area contributed by atoms with Gasteiger partial charge in [-0.1, -0.05) is 29.8 Å². The molecule has 158 valence electrons. The number of hydrogen-bond donors (Lipinski definition) is 2. The highest BCUT2D eigenvalue weighted by molar-refractivity contribution is 6.31. The zero-order valence-corrected chi connectivity index (χ0v) is 18.2. The molecular weight excluding hydrogens is 396 g/mol. The van der Waals surface area contributed by atoms with Gasteiger partial charge in [0.1, 0.15) is 17.7 Å². The maximum absolute atomic E-state index is 11.6. The molecule has 1 aromatic carbocycles. The number of benzene rings is 1. The summed E-state index contributed by atoms with van der Waals surface area (Å²) in [5, 5.41) is 13.3. The molecule has 0 bridgehead atoms. The van der Waals surface area contributed by atoms with Crippen LogP contribution in [-0.4, -0.2) is 38.0 Å². The van der Waals surface area contributed by atoms with Crippen LogP contribution < -0.4 is 0 Å². The van der Waals surface area contributed by atoms with Crippen LogP contribution >= 0.6 is 11.6 Å². The van der Waals surface area contributed by atoms with Gasteiger partial charge in [-0.25, -0.2) is 9.97 Å². The average molecular weight is 425 g/mol. The fourth-order valence-electron chi connectivity index (χ4n) is 5.09. The number of aromatic amines is 1. The highest BCUT2D eigenvalue weighted by Crippen LogP contribution is 2.53. The van der Waals surface area contributed by atoms with Gasteiger partial charge in [0.05, 0.1) is 5.69 Å². The number of fused-ring (bicyclic) bond motifs is 1. The van der Waals surface area contributed by atoms with Crippen molar-refractivity contribution in [1.82, 2.24) is 19.9 Å². The molecule has 5 nitrogen and oxygen atoms in total. The van der Waals surface area contributed by atoms with Crippen molar-refractivity contribution in [3.05, 3.63) is 59.1 Å². The van der Waals surface area contributed by atoms with Crippen LogP contribution in [0.1, 0.15) is 50.3 Å². The van der Waals surface area contributed by atoms with Gasteiger partial charge in [-0.05, 0) is 68.9 Å². The number of H-pyrrole nitrogens is 1. The minimum absolute atomic E-state index is 0.346. The van der Waals surface area contributed by atoms with Crippen molar-refractivity contribution in [2.45, 2.75) is 51.2 Å². The summed E-state index contributed by atoms with van der Waals surface area (Å²) in [6.07, 6.45) is 10.5. The van der Waals surface area contributed by atoms with E-state index in [9.17, 15) is 5.11 Å². The Labute approximate surface area is 182 Å². The first-order chi connectivity index (χ1) is 14.5. The molecule has 6 heteroatoms. The molecule has 1 aliphatic heterocycles. The van der Waals surface area contributed by atoms with Crippen LogP contribution in [0.15, 0.2) is 42.9 Å². The first-order valence-corrected chi connectivity index (χ1v) is 11.3. The van der Waals surface area contributed by atoms with Crippen LogP contribution in [-0.2, 0) is 12.1 Å². The Morgan fingerprint density at radius 3 is 2.83 bits per heavy atom. The van der Waals surface area contributed by atoms with Gasteiger partial charge in [-0.3, -0.25) is 4.90 Å². The number of hydrogen-bond acceptors (Lipinski definition) is 4. The molecule has 0 amide bonds. The third kappa shape index (κ3) is 3.75. The second kappa shape index (κ2) is 7.63. The van der Waals surface area contributed by atoms with E-state index in [0.717, 1.165) is 48.2 Å². The SMILES string of the molecule is CC(O)(c1ccccc1Cl)N1CCC(Cc2ncnc3[nH]ccc23)CCC2(CC2)C1. The lowest BCUT2D eigenvalue weighted by Crippen LogP contribution is -2.48. The van der Waals surface area contributed by atoms with Gasteiger partial charge < -0.3 is 10.1 Å². The standard InChI is InChI=1S/C24H29ClN4O/c1-23(30,19-4-2-3-5-20(19)25)29-13-8-17(6-9-24(15-29)10-11-24)14-21-18-7-12-26-22(18)28-16-27-21/h2-5,7,12,16-17,30H,6,8-11,13-15H2,1H3,(H,26,27,28). The number of halogens is 1. The third-order valence-electron chi connectivity index (χ3n) is 7.29. The van der Waals surface area contributed by atoms with Crippen molar-refractivity contribution in [3.8, 4) is 0 Å². The zero-order valence-electron chi connectivity index (χ0n) is 17.4. The Morgan fingerprint density at radius 2 is 2.03 bits per heavy atom. The van der Waals surface area contributed by atoms with E-state index < -0.39 is 5.72 Å². The van der Waals surface area contributed by atoms with Gasteiger partial charge in [-0.15, -0.1) is 0 Å². The van der Waals surface area contributed by atoms with E-state index in [0.29, 0.717) is 16.4 Å². The van der Waals surface area contributed by atoms with Gasteiger partial charge >= 0.3 is 0 Å². The van der Waals surface area contributed by atoms with Gasteiger partial charge in [0.2, 0.25) is 0 Å². The molecule has 1 aliphatic carbocycles. The van der Waals surface area contributed by atoms with Crippen LogP contribution in [0.4, 0.5) is 0 Å². The van der Waals surface area contributed by atoms with Crippen LogP contribution in [0.25, 0.3) is 11.0 Å². The number of rotatable bonds is 4. The first-order valence-electron chi connectivity index (χ1n) is 11.0. The van der Waals surface area contributed by atoms with E-state index in [2.05, 4.69) is 25.9 Å². The first kappa shape index (κ1) is 20.0. The van der Waals surface area contributed by atoms with Gasteiger partial charge in [0.25, 0.3) is 0 Å². The fourth-order valence-corrected chi connectivity index (χ4v) is 5.41. The lowest BCUT2D eigenvalue weighted by atomic mass is 9.84. The van der Waals surface area contributed by atoms with Gasteiger partial charge in [-0.2, -0.15) is 0 Å². The van der Waals surface area contributed by atoms with Crippen molar-refractivity contribution < 1.29 is 5.11 Å². The summed E-state index contributed by atoms with van der Waals surface area (Å²) >= 11 is 6.46. The summed E-state index contributed by atoms with van der Waals surface area (Å²) in [7, 11) is 0. The van der Waals surface area contributed by atoms with E-state index in [4.69, 9.17) is 11.6 Å². The van der Waals surface area contributed by atoms with E-state index >= 15 is 0 Å². The summed E-state index contributed by atoms with van der Waals surface area (Å²) in [4.78, 5) is 14.4. The van der Waals surface area contributed by atoms with Crippen molar-refractivity contribution in [2.75, 3.05) is 13.1 Å². The number of aromatic nitrogens is 3. The third-order valence-corrected chi connectivity index (χ3v) is 7.62. The van der Waals surface area contributed by atoms with Crippen molar-refractivity contribution in [2.24, 2.45) is 11.3 Å². The maximum atomic E-state index is 11.6. The Morgan fingerprint density at radius 1 is 1.20 bits per heavy atom. The number of likely N-dealkylation sites (tertiary alicyclic amines) is 1. The molecule has 2 aliphatic rings. The van der Waals surface area contributed by atoms with Crippen LogP contribution in [0.2, 0.25) is 5.02 Å². The van der Waals surface area contributed by atoms with Crippen LogP contribution in [0.5, 0.6) is 0 Å². The molecular formula is C24H29ClN4O. The lowest BCUT2D eigenvalue weighted by Gasteiger charge is -2.42. The minimum Gasteiger partial charge on any atom is -0.372 e. The van der Waals surface area contributed by atoms with Crippen LogP contribution in [0.3, 0.4) is 0 Å². The smallest absolute Gasteiger partial charge is 0.143 e. The van der Waals surface area contributed by atoms with Crippen molar-refractivity contribution in [1.29, 1.82) is 0 Å². The quantitative estimate of drug-likeness (QED) is 0.625. The molecule has 3 aromatic rings. The fraction of sp³-hybridized carbons (Fsp3) is 0.500.